The molecule has 1 fully saturated rings. The van der Waals surface area contributed by atoms with Crippen molar-refractivity contribution in [2.75, 3.05) is 6.61 Å². The average Bonchev–Trinajstić information content (AvgIpc) is 2.33. The lowest BCUT2D eigenvalue weighted by Gasteiger charge is -2.18. The molecule has 0 aromatic rings. The van der Waals surface area contributed by atoms with Crippen LogP contribution in [0.5, 0.6) is 0 Å². The Bertz CT molecular complexity index is 143. The van der Waals surface area contributed by atoms with E-state index in [1.165, 1.54) is 38.5 Å². The quantitative estimate of drug-likeness (QED) is 0.777. The smallest absolute Gasteiger partial charge is 0.404 e. The maximum absolute atomic E-state index is 9.60. The van der Waals surface area contributed by atoms with Gasteiger partial charge in [-0.3, -0.25) is 0 Å². The van der Waals surface area contributed by atoms with Crippen LogP contribution in [0, 0.1) is 5.92 Å². The molecule has 2 N–H and O–H groups in total. The number of hydrogen-bond donors (Lipinski definition) is 1. The molecule has 0 saturated heterocycles. The molecular weight excluding hydrogens is 202 g/mol. The van der Waals surface area contributed by atoms with Crippen molar-refractivity contribution in [3.63, 3.8) is 0 Å². The van der Waals surface area contributed by atoms with E-state index in [9.17, 15) is 4.79 Å². The summed E-state index contributed by atoms with van der Waals surface area (Å²) in [6, 6.07) is 0. The van der Waals surface area contributed by atoms with Gasteiger partial charge in [-0.25, -0.2) is 4.79 Å². The Labute approximate surface area is 101 Å². The SMILES string of the molecule is CC.CCC1CCCCC1.CCOC(N)=O. The number of nitrogens with two attached hydrogens (primary N) is 1. The van der Waals surface area contributed by atoms with Crippen LogP contribution in [0.3, 0.4) is 0 Å². The van der Waals surface area contributed by atoms with E-state index in [0.717, 1.165) is 5.92 Å². The highest BCUT2D eigenvalue weighted by Crippen LogP contribution is 2.25. The van der Waals surface area contributed by atoms with E-state index < -0.39 is 6.09 Å². The zero-order chi connectivity index (χ0) is 12.8. The summed E-state index contributed by atoms with van der Waals surface area (Å²) in [5.41, 5.74) is 4.54. The fraction of sp³-hybridized carbons (Fsp3) is 0.923. The van der Waals surface area contributed by atoms with Crippen LogP contribution in [0.15, 0.2) is 0 Å². The second-order valence-corrected chi connectivity index (χ2v) is 3.66. The van der Waals surface area contributed by atoms with Crippen LogP contribution in [0.4, 0.5) is 4.79 Å². The zero-order valence-corrected chi connectivity index (χ0v) is 11.4. The van der Waals surface area contributed by atoms with Crippen molar-refractivity contribution in [3.05, 3.63) is 0 Å². The minimum Gasteiger partial charge on any atom is -0.450 e. The van der Waals surface area contributed by atoms with Crippen molar-refractivity contribution >= 4 is 6.09 Å². The summed E-state index contributed by atoms with van der Waals surface area (Å²) in [5, 5.41) is 0. The predicted octanol–water partition coefficient (Wildman–Crippen LogP) is 4.10. The molecule has 1 saturated carbocycles. The van der Waals surface area contributed by atoms with Gasteiger partial charge in [-0.05, 0) is 12.8 Å². The molecule has 0 aromatic carbocycles. The number of carbonyl (C=O) groups is 1. The molecule has 1 amide bonds. The van der Waals surface area contributed by atoms with Crippen molar-refractivity contribution in [3.8, 4) is 0 Å². The number of amides is 1. The summed E-state index contributed by atoms with van der Waals surface area (Å²) < 4.78 is 4.18. The van der Waals surface area contributed by atoms with Gasteiger partial charge < -0.3 is 10.5 Å². The standard InChI is InChI=1S/C8H16.C3H7NO2.C2H6/c1-2-8-6-4-3-5-7-8;1-2-6-3(4)5;1-2/h8H,2-7H2,1H3;2H2,1H3,(H2,4,5);1-2H3. The molecule has 0 bridgehead atoms. The van der Waals surface area contributed by atoms with Crippen LogP contribution in [0.25, 0.3) is 0 Å². The zero-order valence-electron chi connectivity index (χ0n) is 11.4. The first-order valence-corrected chi connectivity index (χ1v) is 6.62. The number of hydrogen-bond acceptors (Lipinski definition) is 2. The highest BCUT2D eigenvalue weighted by Gasteiger charge is 2.09. The van der Waals surface area contributed by atoms with Crippen molar-refractivity contribution in [1.29, 1.82) is 0 Å². The second kappa shape index (κ2) is 14.3. The van der Waals surface area contributed by atoms with Gasteiger partial charge in [0.15, 0.2) is 0 Å². The molecule has 0 unspecified atom stereocenters. The topological polar surface area (TPSA) is 52.3 Å². The summed E-state index contributed by atoms with van der Waals surface area (Å²) in [4.78, 5) is 9.60. The van der Waals surface area contributed by atoms with E-state index >= 15 is 0 Å². The number of rotatable bonds is 2. The van der Waals surface area contributed by atoms with Crippen LogP contribution in [0.2, 0.25) is 0 Å². The molecule has 0 aliphatic heterocycles. The summed E-state index contributed by atoms with van der Waals surface area (Å²) in [7, 11) is 0. The van der Waals surface area contributed by atoms with E-state index in [2.05, 4.69) is 17.4 Å². The molecule has 1 rings (SSSR count). The third kappa shape index (κ3) is 13.3. The number of carbonyl (C=O) groups excluding carboxylic acids is 1. The van der Waals surface area contributed by atoms with E-state index in [4.69, 9.17) is 0 Å². The first-order chi connectivity index (χ1) is 7.70. The van der Waals surface area contributed by atoms with Crippen molar-refractivity contribution in [2.45, 2.75) is 66.2 Å². The molecular formula is C13H29NO2. The first-order valence-electron chi connectivity index (χ1n) is 6.62. The summed E-state index contributed by atoms with van der Waals surface area (Å²) in [6.45, 7) is 8.37. The second-order valence-electron chi connectivity index (χ2n) is 3.66. The molecule has 3 nitrogen and oxygen atoms in total. The Morgan fingerprint density at radius 1 is 1.19 bits per heavy atom. The van der Waals surface area contributed by atoms with E-state index in [1.54, 1.807) is 6.92 Å². The summed E-state index contributed by atoms with van der Waals surface area (Å²) in [6.07, 6.45) is 8.22. The van der Waals surface area contributed by atoms with Gasteiger partial charge in [-0.2, -0.15) is 0 Å². The van der Waals surface area contributed by atoms with Crippen molar-refractivity contribution in [2.24, 2.45) is 11.7 Å². The van der Waals surface area contributed by atoms with E-state index in [0.29, 0.717) is 6.61 Å². The third-order valence-corrected chi connectivity index (χ3v) is 2.59. The lowest BCUT2D eigenvalue weighted by atomic mass is 9.88. The maximum atomic E-state index is 9.60. The largest absolute Gasteiger partial charge is 0.450 e. The van der Waals surface area contributed by atoms with Crippen LogP contribution in [-0.4, -0.2) is 12.7 Å². The van der Waals surface area contributed by atoms with Gasteiger partial charge in [0.2, 0.25) is 0 Å². The Hall–Kier alpha value is -0.730. The number of primary amides is 1. The lowest BCUT2D eigenvalue weighted by Crippen LogP contribution is -2.11. The van der Waals surface area contributed by atoms with Gasteiger partial charge in [0.25, 0.3) is 0 Å². The molecule has 1 aliphatic carbocycles. The van der Waals surface area contributed by atoms with Crippen LogP contribution in [0.1, 0.15) is 66.2 Å². The predicted molar refractivity (Wildman–Crippen MR) is 69.4 cm³/mol. The minimum atomic E-state index is -0.711. The lowest BCUT2D eigenvalue weighted by molar-refractivity contribution is 0.163. The highest BCUT2D eigenvalue weighted by molar-refractivity contribution is 5.64. The van der Waals surface area contributed by atoms with Crippen LogP contribution in [-0.2, 0) is 4.74 Å². The van der Waals surface area contributed by atoms with E-state index in [-0.39, 0.29) is 0 Å². The van der Waals surface area contributed by atoms with Gasteiger partial charge in [-0.15, -0.1) is 0 Å². The molecule has 0 radical (unpaired) electrons. The Morgan fingerprint density at radius 3 is 1.88 bits per heavy atom. The summed E-state index contributed by atoms with van der Waals surface area (Å²) in [5.74, 6) is 1.09. The normalized spacial score (nSPS) is 15.0. The Morgan fingerprint density at radius 2 is 1.69 bits per heavy atom. The van der Waals surface area contributed by atoms with Gasteiger partial charge >= 0.3 is 6.09 Å². The van der Waals surface area contributed by atoms with Gasteiger partial charge in [0.05, 0.1) is 6.61 Å². The van der Waals surface area contributed by atoms with Crippen molar-refractivity contribution < 1.29 is 9.53 Å². The molecule has 0 aromatic heterocycles. The third-order valence-electron chi connectivity index (χ3n) is 2.59. The summed E-state index contributed by atoms with van der Waals surface area (Å²) >= 11 is 0. The molecule has 98 valence electrons. The minimum absolute atomic E-state index is 0.356. The Kier molecular flexibility index (Phi) is 15.7. The number of ether oxygens (including phenoxy) is 1. The molecule has 1 aliphatic rings. The maximum Gasteiger partial charge on any atom is 0.404 e. The monoisotopic (exact) mass is 231 g/mol. The van der Waals surface area contributed by atoms with Gasteiger partial charge in [-0.1, -0.05) is 59.3 Å². The van der Waals surface area contributed by atoms with E-state index in [1.807, 2.05) is 13.8 Å². The average molecular weight is 231 g/mol. The Balaban J connectivity index is 0. The first kappa shape index (κ1) is 17.7. The molecule has 0 heterocycles. The molecule has 0 atom stereocenters. The fourth-order valence-electron chi connectivity index (χ4n) is 1.74. The molecule has 0 spiro atoms. The fourth-order valence-corrected chi connectivity index (χ4v) is 1.74. The van der Waals surface area contributed by atoms with Crippen molar-refractivity contribution in [1.82, 2.24) is 0 Å². The molecule has 3 heteroatoms. The molecule has 16 heavy (non-hydrogen) atoms. The van der Waals surface area contributed by atoms with Gasteiger partial charge in [0.1, 0.15) is 0 Å². The van der Waals surface area contributed by atoms with Gasteiger partial charge in [0, 0.05) is 0 Å². The van der Waals surface area contributed by atoms with Crippen LogP contribution < -0.4 is 5.73 Å². The van der Waals surface area contributed by atoms with Crippen LogP contribution >= 0.6 is 0 Å². The highest BCUT2D eigenvalue weighted by atomic mass is 16.5.